The maximum atomic E-state index is 13.4. The Kier molecular flexibility index (Phi) is 6.93. The van der Waals surface area contributed by atoms with Crippen LogP contribution in [0.5, 0.6) is 0 Å². The van der Waals surface area contributed by atoms with Gasteiger partial charge in [0.25, 0.3) is 11.8 Å². The minimum atomic E-state index is -3.91. The molecule has 2 heterocycles. The van der Waals surface area contributed by atoms with Gasteiger partial charge in [-0.1, -0.05) is 47.5 Å². The smallest absolute Gasteiger partial charge is 0.274 e. The molecule has 0 bridgehead atoms. The van der Waals surface area contributed by atoms with Gasteiger partial charge in [-0.05, 0) is 67.9 Å². The van der Waals surface area contributed by atoms with Crippen LogP contribution < -0.4 is 4.31 Å². The maximum absolute atomic E-state index is 13.4. The summed E-state index contributed by atoms with van der Waals surface area (Å²) in [7, 11) is -3.91. The molecule has 1 unspecified atom stereocenters. The van der Waals surface area contributed by atoms with Crippen LogP contribution in [0, 0.1) is 13.8 Å². The average Bonchev–Trinajstić information content (AvgIpc) is 3.59. The first-order chi connectivity index (χ1) is 18.6. The molecule has 1 aliphatic rings. The number of carbonyl (C=O) groups excluding carboxylic acids is 2. The average molecular weight is 542 g/mol. The summed E-state index contributed by atoms with van der Waals surface area (Å²) in [6.07, 6.45) is 2.96. The SMILES string of the molecule is Cc1ccc(C(=O)N2N=C(c3ccc(N(C(=O)c4ccc(C)cc4)S(C)(=O)=O)cc3)CC2c2ccco2)cc1. The van der Waals surface area contributed by atoms with Gasteiger partial charge in [0.2, 0.25) is 10.0 Å². The Labute approximate surface area is 227 Å². The topological polar surface area (TPSA) is 100 Å². The van der Waals surface area contributed by atoms with E-state index in [2.05, 4.69) is 5.10 Å². The van der Waals surface area contributed by atoms with E-state index in [1.807, 2.05) is 32.0 Å². The second-order valence-electron chi connectivity index (χ2n) is 9.54. The lowest BCUT2D eigenvalue weighted by atomic mass is 10.0. The summed E-state index contributed by atoms with van der Waals surface area (Å²) in [4.78, 5) is 26.6. The van der Waals surface area contributed by atoms with Crippen LogP contribution in [0.1, 0.15) is 55.6 Å². The van der Waals surface area contributed by atoms with Crippen molar-refractivity contribution >= 4 is 33.2 Å². The second-order valence-corrected chi connectivity index (χ2v) is 11.4. The summed E-state index contributed by atoms with van der Waals surface area (Å²) in [6, 6.07) is 23.7. The first-order valence-corrected chi connectivity index (χ1v) is 14.2. The van der Waals surface area contributed by atoms with Crippen LogP contribution in [0.4, 0.5) is 5.69 Å². The van der Waals surface area contributed by atoms with Gasteiger partial charge in [-0.15, -0.1) is 0 Å². The second kappa shape index (κ2) is 10.3. The zero-order chi connectivity index (χ0) is 27.7. The number of furan rings is 1. The highest BCUT2D eigenvalue weighted by Gasteiger charge is 2.35. The molecule has 1 aliphatic heterocycles. The monoisotopic (exact) mass is 541 g/mol. The van der Waals surface area contributed by atoms with Crippen LogP contribution in [-0.2, 0) is 10.0 Å². The van der Waals surface area contributed by atoms with Gasteiger partial charge in [-0.2, -0.15) is 5.10 Å². The van der Waals surface area contributed by atoms with Crippen molar-refractivity contribution in [3.63, 3.8) is 0 Å². The van der Waals surface area contributed by atoms with E-state index in [1.54, 1.807) is 73.0 Å². The highest BCUT2D eigenvalue weighted by atomic mass is 32.2. The summed E-state index contributed by atoms with van der Waals surface area (Å²) >= 11 is 0. The number of rotatable bonds is 6. The van der Waals surface area contributed by atoms with E-state index >= 15 is 0 Å². The minimum Gasteiger partial charge on any atom is -0.467 e. The number of amides is 2. The molecule has 0 spiro atoms. The summed E-state index contributed by atoms with van der Waals surface area (Å²) in [6.45, 7) is 3.84. The van der Waals surface area contributed by atoms with E-state index in [0.717, 1.165) is 21.7 Å². The number of anilines is 1. The van der Waals surface area contributed by atoms with Crippen molar-refractivity contribution in [1.29, 1.82) is 0 Å². The van der Waals surface area contributed by atoms with Gasteiger partial charge in [0.1, 0.15) is 11.8 Å². The fraction of sp³-hybridized carbons (Fsp3) is 0.167. The number of hydrogen-bond donors (Lipinski definition) is 0. The van der Waals surface area contributed by atoms with Crippen molar-refractivity contribution in [2.24, 2.45) is 5.10 Å². The normalized spacial score (nSPS) is 15.2. The van der Waals surface area contributed by atoms with Crippen LogP contribution in [0.25, 0.3) is 0 Å². The van der Waals surface area contributed by atoms with Crippen LogP contribution >= 0.6 is 0 Å². The number of hydrazone groups is 1. The molecule has 0 radical (unpaired) electrons. The molecule has 4 aromatic rings. The third-order valence-corrected chi connectivity index (χ3v) is 7.58. The van der Waals surface area contributed by atoms with Crippen LogP contribution in [0.15, 0.2) is 101 Å². The summed E-state index contributed by atoms with van der Waals surface area (Å²) in [5.41, 5.74) is 4.33. The summed E-state index contributed by atoms with van der Waals surface area (Å²) in [5.74, 6) is -0.288. The molecule has 0 saturated heterocycles. The Hall–Kier alpha value is -4.50. The van der Waals surface area contributed by atoms with Gasteiger partial charge in [0, 0.05) is 17.5 Å². The molecule has 0 aliphatic carbocycles. The lowest BCUT2D eigenvalue weighted by molar-refractivity contribution is 0.0692. The number of benzene rings is 3. The highest BCUT2D eigenvalue weighted by molar-refractivity contribution is 7.92. The van der Waals surface area contributed by atoms with Gasteiger partial charge in [0.15, 0.2) is 0 Å². The van der Waals surface area contributed by atoms with E-state index < -0.39 is 22.0 Å². The molecule has 3 aromatic carbocycles. The first-order valence-electron chi connectivity index (χ1n) is 12.3. The molecule has 8 nitrogen and oxygen atoms in total. The molecule has 1 atom stereocenters. The number of aryl methyl sites for hydroxylation is 2. The number of hydrogen-bond acceptors (Lipinski definition) is 6. The van der Waals surface area contributed by atoms with E-state index in [1.165, 1.54) is 5.01 Å². The van der Waals surface area contributed by atoms with Gasteiger partial charge in [0.05, 0.1) is 23.9 Å². The molecule has 39 heavy (non-hydrogen) atoms. The number of carbonyl (C=O) groups is 2. The zero-order valence-corrected chi connectivity index (χ0v) is 22.6. The fourth-order valence-electron chi connectivity index (χ4n) is 4.47. The van der Waals surface area contributed by atoms with Crippen LogP contribution in [-0.4, -0.2) is 37.2 Å². The van der Waals surface area contributed by atoms with E-state index in [-0.39, 0.29) is 17.2 Å². The Morgan fingerprint density at radius 3 is 2.00 bits per heavy atom. The summed E-state index contributed by atoms with van der Waals surface area (Å²) < 4.78 is 31.7. The van der Waals surface area contributed by atoms with Gasteiger partial charge >= 0.3 is 0 Å². The molecule has 2 amide bonds. The van der Waals surface area contributed by atoms with Gasteiger partial charge in [-0.25, -0.2) is 17.7 Å². The van der Waals surface area contributed by atoms with Crippen molar-refractivity contribution in [3.8, 4) is 0 Å². The molecule has 0 N–H and O–H groups in total. The lowest BCUT2D eigenvalue weighted by Crippen LogP contribution is -2.36. The molecule has 9 heteroatoms. The highest BCUT2D eigenvalue weighted by Crippen LogP contribution is 2.35. The summed E-state index contributed by atoms with van der Waals surface area (Å²) in [5, 5.41) is 6.08. The number of sulfonamides is 1. The standard InChI is InChI=1S/C30H27N3O5S/c1-20-6-10-23(11-7-20)29(34)32-27(28-5-4-18-38-28)19-26(31-32)22-14-16-25(17-15-22)33(39(3,36)37)30(35)24-12-8-21(2)9-13-24/h4-18,27H,19H2,1-3H3. The minimum absolute atomic E-state index is 0.209. The zero-order valence-electron chi connectivity index (χ0n) is 21.7. The molecule has 5 rings (SSSR count). The molecule has 198 valence electrons. The predicted octanol–water partition coefficient (Wildman–Crippen LogP) is 5.49. The molecule has 0 fully saturated rings. The third kappa shape index (κ3) is 5.39. The van der Waals surface area contributed by atoms with E-state index in [9.17, 15) is 18.0 Å². The van der Waals surface area contributed by atoms with Crippen LogP contribution in [0.3, 0.4) is 0 Å². The van der Waals surface area contributed by atoms with Crippen molar-refractivity contribution in [2.75, 3.05) is 10.6 Å². The van der Waals surface area contributed by atoms with E-state index in [0.29, 0.717) is 29.0 Å². The van der Waals surface area contributed by atoms with E-state index in [4.69, 9.17) is 4.42 Å². The number of nitrogens with zero attached hydrogens (tertiary/aromatic N) is 3. The molecule has 1 aromatic heterocycles. The lowest BCUT2D eigenvalue weighted by Gasteiger charge is -2.21. The Morgan fingerprint density at radius 1 is 0.872 bits per heavy atom. The molecular formula is C30H27N3O5S. The first kappa shape index (κ1) is 26.1. The van der Waals surface area contributed by atoms with Crippen molar-refractivity contribution < 1.29 is 22.4 Å². The fourth-order valence-corrected chi connectivity index (χ4v) is 5.38. The third-order valence-electron chi connectivity index (χ3n) is 6.54. The van der Waals surface area contributed by atoms with Crippen molar-refractivity contribution in [1.82, 2.24) is 5.01 Å². The quantitative estimate of drug-likeness (QED) is 0.321. The Balaban J connectivity index is 1.46. The largest absolute Gasteiger partial charge is 0.467 e. The predicted molar refractivity (Wildman–Crippen MR) is 149 cm³/mol. The Bertz CT molecular complexity index is 1640. The van der Waals surface area contributed by atoms with Gasteiger partial charge in [-0.3, -0.25) is 9.59 Å². The van der Waals surface area contributed by atoms with Crippen molar-refractivity contribution in [3.05, 3.63) is 125 Å². The van der Waals surface area contributed by atoms with Crippen LogP contribution in [0.2, 0.25) is 0 Å². The molecule has 0 saturated carbocycles. The van der Waals surface area contributed by atoms with Gasteiger partial charge < -0.3 is 4.42 Å². The Morgan fingerprint density at radius 2 is 1.46 bits per heavy atom. The maximum Gasteiger partial charge on any atom is 0.274 e. The molecular weight excluding hydrogens is 514 g/mol. The van der Waals surface area contributed by atoms with Crippen molar-refractivity contribution in [2.45, 2.75) is 26.3 Å².